The number of methoxy groups -OCH3 is 1. The fourth-order valence-corrected chi connectivity index (χ4v) is 2.80. The van der Waals surface area contributed by atoms with Crippen LogP contribution in [0.2, 0.25) is 0 Å². The lowest BCUT2D eigenvalue weighted by molar-refractivity contribution is 0.309. The minimum absolute atomic E-state index is 0.326. The average molecular weight is 248 g/mol. The lowest BCUT2D eigenvalue weighted by Crippen LogP contribution is -2.23. The van der Waals surface area contributed by atoms with E-state index in [1.165, 1.54) is 25.1 Å². The molecule has 3 heteroatoms. The first-order valence-corrected chi connectivity index (χ1v) is 6.78. The summed E-state index contributed by atoms with van der Waals surface area (Å²) in [4.78, 5) is 2.52. The van der Waals surface area contributed by atoms with Gasteiger partial charge in [0.15, 0.2) is 0 Å². The van der Waals surface area contributed by atoms with Gasteiger partial charge in [0, 0.05) is 19.1 Å². The van der Waals surface area contributed by atoms with Crippen molar-refractivity contribution in [2.24, 2.45) is 11.7 Å². The molecule has 2 unspecified atom stereocenters. The van der Waals surface area contributed by atoms with Crippen LogP contribution in [0.4, 0.5) is 0 Å². The molecule has 0 aromatic heterocycles. The first-order valence-electron chi connectivity index (χ1n) is 6.78. The Hall–Kier alpha value is -1.06. The molecule has 1 aliphatic heterocycles. The molecule has 0 aliphatic carbocycles. The quantitative estimate of drug-likeness (QED) is 0.868. The Kier molecular flexibility index (Phi) is 4.61. The van der Waals surface area contributed by atoms with E-state index < -0.39 is 0 Å². The third-order valence-corrected chi connectivity index (χ3v) is 3.62. The van der Waals surface area contributed by atoms with Gasteiger partial charge in [-0.2, -0.15) is 0 Å². The van der Waals surface area contributed by atoms with E-state index >= 15 is 0 Å². The largest absolute Gasteiger partial charge is 0.497 e. The first-order chi connectivity index (χ1) is 8.67. The van der Waals surface area contributed by atoms with Crippen LogP contribution in [0.5, 0.6) is 5.75 Å². The van der Waals surface area contributed by atoms with Crippen LogP contribution in [0.1, 0.15) is 25.3 Å². The summed E-state index contributed by atoms with van der Waals surface area (Å²) in [7, 11) is 1.72. The van der Waals surface area contributed by atoms with E-state index in [2.05, 4.69) is 30.0 Å². The van der Waals surface area contributed by atoms with E-state index in [1.807, 2.05) is 6.07 Å². The van der Waals surface area contributed by atoms with Crippen LogP contribution in [0.25, 0.3) is 0 Å². The van der Waals surface area contributed by atoms with Gasteiger partial charge in [0.25, 0.3) is 0 Å². The average Bonchev–Trinajstić information content (AvgIpc) is 2.76. The molecule has 1 heterocycles. The van der Waals surface area contributed by atoms with Crippen LogP contribution in [0.3, 0.4) is 0 Å². The Balaban J connectivity index is 1.87. The topological polar surface area (TPSA) is 38.5 Å². The highest BCUT2D eigenvalue weighted by molar-refractivity contribution is 5.28. The molecule has 2 N–H and O–H groups in total. The highest BCUT2D eigenvalue weighted by Crippen LogP contribution is 2.23. The van der Waals surface area contributed by atoms with Gasteiger partial charge in [-0.1, -0.05) is 12.1 Å². The standard InChI is InChI=1S/C15H24N2O/c1-12(16)8-14-6-7-17(11-14)10-13-4-3-5-15(9-13)18-2/h3-5,9,12,14H,6-8,10-11,16H2,1-2H3. The minimum atomic E-state index is 0.326. The number of benzene rings is 1. The van der Waals surface area contributed by atoms with Crippen LogP contribution in [0.15, 0.2) is 24.3 Å². The number of nitrogens with zero attached hydrogens (tertiary/aromatic N) is 1. The molecular weight excluding hydrogens is 224 g/mol. The fraction of sp³-hybridized carbons (Fsp3) is 0.600. The van der Waals surface area contributed by atoms with Gasteiger partial charge in [-0.25, -0.2) is 0 Å². The van der Waals surface area contributed by atoms with Crippen molar-refractivity contribution in [1.82, 2.24) is 4.90 Å². The Morgan fingerprint density at radius 2 is 2.33 bits per heavy atom. The second-order valence-corrected chi connectivity index (χ2v) is 5.45. The SMILES string of the molecule is COc1cccc(CN2CCC(CC(C)N)C2)c1. The van der Waals surface area contributed by atoms with Gasteiger partial charge in [0.05, 0.1) is 7.11 Å². The molecule has 3 nitrogen and oxygen atoms in total. The molecule has 1 aromatic carbocycles. The zero-order valence-electron chi connectivity index (χ0n) is 11.4. The summed E-state index contributed by atoms with van der Waals surface area (Å²) in [6.45, 7) is 5.49. The second kappa shape index (κ2) is 6.21. The summed E-state index contributed by atoms with van der Waals surface area (Å²) in [6, 6.07) is 8.67. The van der Waals surface area contributed by atoms with Gasteiger partial charge in [-0.3, -0.25) is 4.90 Å². The predicted molar refractivity (Wildman–Crippen MR) is 74.6 cm³/mol. The molecule has 0 radical (unpaired) electrons. The van der Waals surface area contributed by atoms with Crippen LogP contribution in [-0.4, -0.2) is 31.1 Å². The van der Waals surface area contributed by atoms with Crippen molar-refractivity contribution in [1.29, 1.82) is 0 Å². The molecule has 0 amide bonds. The first kappa shape index (κ1) is 13.4. The molecule has 18 heavy (non-hydrogen) atoms. The maximum Gasteiger partial charge on any atom is 0.119 e. The molecule has 1 saturated heterocycles. The lowest BCUT2D eigenvalue weighted by atomic mass is 10.0. The fourth-order valence-electron chi connectivity index (χ4n) is 2.80. The van der Waals surface area contributed by atoms with Crippen LogP contribution in [0, 0.1) is 5.92 Å². The second-order valence-electron chi connectivity index (χ2n) is 5.45. The minimum Gasteiger partial charge on any atom is -0.497 e. The van der Waals surface area contributed by atoms with Crippen LogP contribution in [-0.2, 0) is 6.54 Å². The molecule has 2 rings (SSSR count). The van der Waals surface area contributed by atoms with Gasteiger partial charge in [0.1, 0.15) is 5.75 Å². The van der Waals surface area contributed by atoms with Crippen molar-refractivity contribution < 1.29 is 4.74 Å². The predicted octanol–water partition coefficient (Wildman–Crippen LogP) is 2.25. The van der Waals surface area contributed by atoms with Crippen molar-refractivity contribution >= 4 is 0 Å². The zero-order chi connectivity index (χ0) is 13.0. The van der Waals surface area contributed by atoms with Crippen LogP contribution < -0.4 is 10.5 Å². The van der Waals surface area contributed by atoms with Crippen molar-refractivity contribution in [2.75, 3.05) is 20.2 Å². The molecular formula is C15H24N2O. The molecule has 0 spiro atoms. The van der Waals surface area contributed by atoms with E-state index in [1.54, 1.807) is 7.11 Å². The third kappa shape index (κ3) is 3.72. The van der Waals surface area contributed by atoms with Crippen molar-refractivity contribution in [3.63, 3.8) is 0 Å². The molecule has 100 valence electrons. The highest BCUT2D eigenvalue weighted by Gasteiger charge is 2.23. The molecule has 0 saturated carbocycles. The van der Waals surface area contributed by atoms with Crippen molar-refractivity contribution in [3.05, 3.63) is 29.8 Å². The van der Waals surface area contributed by atoms with E-state index in [9.17, 15) is 0 Å². The highest BCUT2D eigenvalue weighted by atomic mass is 16.5. The van der Waals surface area contributed by atoms with Gasteiger partial charge < -0.3 is 10.5 Å². The van der Waals surface area contributed by atoms with Crippen molar-refractivity contribution in [3.8, 4) is 5.75 Å². The summed E-state index contributed by atoms with van der Waals surface area (Å²) in [5.74, 6) is 1.72. The Morgan fingerprint density at radius 3 is 3.06 bits per heavy atom. The summed E-state index contributed by atoms with van der Waals surface area (Å²) in [5, 5.41) is 0. The molecule has 2 atom stereocenters. The summed E-state index contributed by atoms with van der Waals surface area (Å²) in [5.41, 5.74) is 7.20. The number of ether oxygens (including phenoxy) is 1. The monoisotopic (exact) mass is 248 g/mol. The third-order valence-electron chi connectivity index (χ3n) is 3.62. The molecule has 1 aromatic rings. The zero-order valence-corrected chi connectivity index (χ0v) is 11.4. The Bertz CT molecular complexity index is 379. The molecule has 1 fully saturated rings. The molecule has 0 bridgehead atoms. The number of hydrogen-bond acceptors (Lipinski definition) is 3. The number of rotatable bonds is 5. The Morgan fingerprint density at radius 1 is 1.50 bits per heavy atom. The lowest BCUT2D eigenvalue weighted by Gasteiger charge is -2.17. The maximum atomic E-state index is 5.87. The molecule has 1 aliphatic rings. The van der Waals surface area contributed by atoms with E-state index in [0.717, 1.165) is 24.6 Å². The summed E-state index contributed by atoms with van der Waals surface area (Å²) >= 11 is 0. The van der Waals surface area contributed by atoms with Crippen LogP contribution >= 0.6 is 0 Å². The summed E-state index contributed by atoms with van der Waals surface area (Å²) in [6.07, 6.45) is 2.43. The number of nitrogens with two attached hydrogens (primary N) is 1. The van der Waals surface area contributed by atoms with Gasteiger partial charge in [0.2, 0.25) is 0 Å². The summed E-state index contributed by atoms with van der Waals surface area (Å²) < 4.78 is 5.26. The maximum absolute atomic E-state index is 5.87. The normalized spacial score (nSPS) is 22.1. The van der Waals surface area contributed by atoms with E-state index in [-0.39, 0.29) is 0 Å². The smallest absolute Gasteiger partial charge is 0.119 e. The van der Waals surface area contributed by atoms with Crippen molar-refractivity contribution in [2.45, 2.75) is 32.4 Å². The van der Waals surface area contributed by atoms with Gasteiger partial charge >= 0.3 is 0 Å². The Labute approximate surface area is 110 Å². The number of likely N-dealkylation sites (tertiary alicyclic amines) is 1. The van der Waals surface area contributed by atoms with E-state index in [0.29, 0.717) is 6.04 Å². The van der Waals surface area contributed by atoms with Gasteiger partial charge in [-0.05, 0) is 49.9 Å². The van der Waals surface area contributed by atoms with E-state index in [4.69, 9.17) is 10.5 Å². The number of hydrogen-bond donors (Lipinski definition) is 1. The van der Waals surface area contributed by atoms with Gasteiger partial charge in [-0.15, -0.1) is 0 Å².